The Morgan fingerprint density at radius 3 is 2.88 bits per heavy atom. The molecule has 1 aliphatic rings. The molecule has 0 aromatic rings. The molecular formula is C12H20N2O2. The number of hydrogen-bond acceptors (Lipinski definition) is 3. The van der Waals surface area contributed by atoms with Crippen molar-refractivity contribution in [3.8, 4) is 0 Å². The average molecular weight is 224 g/mol. The van der Waals surface area contributed by atoms with Crippen molar-refractivity contribution in [2.75, 3.05) is 13.1 Å². The minimum Gasteiger partial charge on any atom is -0.305 e. The van der Waals surface area contributed by atoms with Crippen molar-refractivity contribution in [2.24, 2.45) is 0 Å². The monoisotopic (exact) mass is 224 g/mol. The summed E-state index contributed by atoms with van der Waals surface area (Å²) in [7, 11) is 0. The highest BCUT2D eigenvalue weighted by molar-refractivity contribution is 6.05. The fourth-order valence-corrected chi connectivity index (χ4v) is 1.81. The van der Waals surface area contributed by atoms with Crippen LogP contribution < -0.4 is 5.32 Å². The third-order valence-corrected chi connectivity index (χ3v) is 2.63. The Kier molecular flexibility index (Phi) is 5.19. The van der Waals surface area contributed by atoms with Gasteiger partial charge < -0.3 is 5.32 Å². The van der Waals surface area contributed by atoms with Crippen LogP contribution in [0.3, 0.4) is 0 Å². The van der Waals surface area contributed by atoms with Crippen molar-refractivity contribution in [3.05, 3.63) is 12.2 Å². The minimum absolute atomic E-state index is 0.0459. The summed E-state index contributed by atoms with van der Waals surface area (Å²) in [6.45, 7) is 5.22. The molecule has 1 rings (SSSR count). The fraction of sp³-hybridized carbons (Fsp3) is 0.667. The molecule has 1 N–H and O–H groups in total. The lowest BCUT2D eigenvalue weighted by atomic mass is 10.2. The first-order valence-corrected chi connectivity index (χ1v) is 5.89. The quantitative estimate of drug-likeness (QED) is 0.417. The lowest BCUT2D eigenvalue weighted by Gasteiger charge is -2.13. The molecule has 0 saturated carbocycles. The third-order valence-electron chi connectivity index (χ3n) is 2.63. The van der Waals surface area contributed by atoms with Crippen LogP contribution in [0.1, 0.15) is 33.1 Å². The first kappa shape index (κ1) is 12.9. The lowest BCUT2D eigenvalue weighted by molar-refractivity contribution is -0.138. The van der Waals surface area contributed by atoms with E-state index in [9.17, 15) is 9.59 Å². The predicted molar refractivity (Wildman–Crippen MR) is 62.8 cm³/mol. The highest BCUT2D eigenvalue weighted by atomic mass is 16.2. The van der Waals surface area contributed by atoms with Crippen LogP contribution in [0.2, 0.25) is 0 Å². The maximum atomic E-state index is 11.8. The number of rotatable bonds is 6. The molecule has 0 aromatic heterocycles. The Morgan fingerprint density at radius 1 is 1.50 bits per heavy atom. The van der Waals surface area contributed by atoms with E-state index in [1.165, 1.54) is 4.90 Å². The number of likely N-dealkylation sites (tertiary alicyclic amines) is 1. The van der Waals surface area contributed by atoms with Gasteiger partial charge in [-0.2, -0.15) is 0 Å². The SMILES string of the molecule is C/C=C/CCNC1CC(=O)N(CCC)C1=O. The van der Waals surface area contributed by atoms with Crippen LogP contribution in [-0.4, -0.2) is 35.8 Å². The standard InChI is InChI=1S/C12H20N2O2/c1-3-5-6-7-13-10-9-11(15)14(8-4-2)12(10)16/h3,5,10,13H,4,6-9H2,1-2H3/b5-3+. The van der Waals surface area contributed by atoms with Crippen molar-refractivity contribution >= 4 is 11.8 Å². The molecule has 0 bridgehead atoms. The van der Waals surface area contributed by atoms with Crippen molar-refractivity contribution in [1.29, 1.82) is 0 Å². The van der Waals surface area contributed by atoms with Crippen molar-refractivity contribution in [3.63, 3.8) is 0 Å². The van der Waals surface area contributed by atoms with E-state index >= 15 is 0 Å². The van der Waals surface area contributed by atoms with E-state index in [-0.39, 0.29) is 17.9 Å². The second kappa shape index (κ2) is 6.43. The van der Waals surface area contributed by atoms with Gasteiger partial charge in [0.1, 0.15) is 0 Å². The highest BCUT2D eigenvalue weighted by Crippen LogP contribution is 2.13. The summed E-state index contributed by atoms with van der Waals surface area (Å²) < 4.78 is 0. The minimum atomic E-state index is -0.302. The van der Waals surface area contributed by atoms with Gasteiger partial charge in [0, 0.05) is 6.54 Å². The number of carbonyl (C=O) groups is 2. The molecule has 0 aromatic carbocycles. The second-order valence-electron chi connectivity index (χ2n) is 3.95. The first-order chi connectivity index (χ1) is 7.70. The number of carbonyl (C=O) groups excluding carboxylic acids is 2. The maximum absolute atomic E-state index is 11.8. The molecule has 4 heteroatoms. The normalized spacial score (nSPS) is 21.4. The molecule has 0 radical (unpaired) electrons. The highest BCUT2D eigenvalue weighted by Gasteiger charge is 2.37. The van der Waals surface area contributed by atoms with Gasteiger partial charge in [0.15, 0.2) is 0 Å². The van der Waals surface area contributed by atoms with Crippen molar-refractivity contribution < 1.29 is 9.59 Å². The summed E-state index contributed by atoms with van der Waals surface area (Å²) in [6.07, 6.45) is 6.05. The van der Waals surface area contributed by atoms with Gasteiger partial charge in [-0.3, -0.25) is 14.5 Å². The van der Waals surface area contributed by atoms with Crippen LogP contribution in [0.25, 0.3) is 0 Å². The Morgan fingerprint density at radius 2 is 2.25 bits per heavy atom. The molecule has 4 nitrogen and oxygen atoms in total. The van der Waals surface area contributed by atoms with Gasteiger partial charge in [-0.25, -0.2) is 0 Å². The summed E-state index contributed by atoms with van der Waals surface area (Å²) >= 11 is 0. The van der Waals surface area contributed by atoms with E-state index in [2.05, 4.69) is 5.32 Å². The van der Waals surface area contributed by atoms with Crippen molar-refractivity contribution in [1.82, 2.24) is 10.2 Å². The largest absolute Gasteiger partial charge is 0.305 e. The van der Waals surface area contributed by atoms with E-state index in [1.54, 1.807) is 0 Å². The molecule has 0 aliphatic carbocycles. The molecule has 0 spiro atoms. The summed E-state index contributed by atoms with van der Waals surface area (Å²) in [4.78, 5) is 24.7. The number of amides is 2. The number of nitrogens with one attached hydrogen (secondary N) is 1. The smallest absolute Gasteiger partial charge is 0.246 e. The Balaban J connectivity index is 2.39. The van der Waals surface area contributed by atoms with Gasteiger partial charge in [0.05, 0.1) is 12.5 Å². The number of imide groups is 1. The number of allylic oxidation sites excluding steroid dienone is 1. The molecule has 1 saturated heterocycles. The Hall–Kier alpha value is -1.16. The molecule has 1 heterocycles. The van der Waals surface area contributed by atoms with Gasteiger partial charge in [0.25, 0.3) is 0 Å². The number of hydrogen-bond donors (Lipinski definition) is 1. The van der Waals surface area contributed by atoms with Gasteiger partial charge in [-0.05, 0) is 26.3 Å². The molecule has 2 amide bonds. The zero-order valence-electron chi connectivity index (χ0n) is 10.0. The van der Waals surface area contributed by atoms with Crippen LogP contribution in [-0.2, 0) is 9.59 Å². The molecule has 1 atom stereocenters. The maximum Gasteiger partial charge on any atom is 0.246 e. The zero-order chi connectivity index (χ0) is 12.0. The van der Waals surface area contributed by atoms with Crippen LogP contribution in [0.4, 0.5) is 0 Å². The van der Waals surface area contributed by atoms with Gasteiger partial charge in [-0.15, -0.1) is 0 Å². The van der Waals surface area contributed by atoms with Gasteiger partial charge in [-0.1, -0.05) is 19.1 Å². The van der Waals surface area contributed by atoms with Gasteiger partial charge >= 0.3 is 0 Å². The molecular weight excluding hydrogens is 204 g/mol. The molecule has 1 aliphatic heterocycles. The van der Waals surface area contributed by atoms with Gasteiger partial charge in [0.2, 0.25) is 11.8 Å². The fourth-order valence-electron chi connectivity index (χ4n) is 1.81. The van der Waals surface area contributed by atoms with E-state index in [1.807, 2.05) is 26.0 Å². The van der Waals surface area contributed by atoms with E-state index < -0.39 is 0 Å². The lowest BCUT2D eigenvalue weighted by Crippen LogP contribution is -2.39. The predicted octanol–water partition coefficient (Wildman–Crippen LogP) is 1.08. The van der Waals surface area contributed by atoms with Crippen LogP contribution in [0, 0.1) is 0 Å². The van der Waals surface area contributed by atoms with E-state index in [0.29, 0.717) is 13.0 Å². The van der Waals surface area contributed by atoms with Crippen LogP contribution in [0.15, 0.2) is 12.2 Å². The Labute approximate surface area is 96.7 Å². The second-order valence-corrected chi connectivity index (χ2v) is 3.95. The van der Waals surface area contributed by atoms with E-state index in [0.717, 1.165) is 19.4 Å². The van der Waals surface area contributed by atoms with E-state index in [4.69, 9.17) is 0 Å². The molecule has 16 heavy (non-hydrogen) atoms. The molecule has 90 valence electrons. The molecule has 1 fully saturated rings. The zero-order valence-corrected chi connectivity index (χ0v) is 10.0. The summed E-state index contributed by atoms with van der Waals surface area (Å²) in [5.74, 6) is -0.109. The van der Waals surface area contributed by atoms with Crippen LogP contribution >= 0.6 is 0 Å². The summed E-state index contributed by atoms with van der Waals surface area (Å²) in [5.41, 5.74) is 0. The first-order valence-electron chi connectivity index (χ1n) is 5.89. The average Bonchev–Trinajstić information content (AvgIpc) is 2.53. The topological polar surface area (TPSA) is 49.4 Å². The summed E-state index contributed by atoms with van der Waals surface area (Å²) in [5, 5.41) is 3.12. The number of nitrogens with zero attached hydrogens (tertiary/aromatic N) is 1. The van der Waals surface area contributed by atoms with Crippen LogP contribution in [0.5, 0.6) is 0 Å². The molecule has 1 unspecified atom stereocenters. The summed E-state index contributed by atoms with van der Waals surface area (Å²) in [6, 6.07) is -0.302. The van der Waals surface area contributed by atoms with Crippen molar-refractivity contribution in [2.45, 2.75) is 39.2 Å². The Bertz CT molecular complexity index is 287. The third kappa shape index (κ3) is 3.17.